The molecule has 2 N–H and O–H groups in total. The zero-order chi connectivity index (χ0) is 23.7. The number of fused-ring (bicyclic) bond motifs is 1. The first-order valence-corrected chi connectivity index (χ1v) is 12.4. The van der Waals surface area contributed by atoms with Gasteiger partial charge in [-0.25, -0.2) is 0 Å². The normalized spacial score (nSPS) is 16.6. The van der Waals surface area contributed by atoms with Gasteiger partial charge in [0.2, 0.25) is 0 Å². The minimum Gasteiger partial charge on any atom is -0.497 e. The van der Waals surface area contributed by atoms with Gasteiger partial charge in [-0.15, -0.1) is 0 Å². The first kappa shape index (κ1) is 22.5. The molecule has 0 bridgehead atoms. The van der Waals surface area contributed by atoms with Gasteiger partial charge in [-0.05, 0) is 96.5 Å². The summed E-state index contributed by atoms with van der Waals surface area (Å²) >= 11 is 0. The predicted molar refractivity (Wildman–Crippen MR) is 143 cm³/mol. The summed E-state index contributed by atoms with van der Waals surface area (Å²) < 4.78 is 5.51. The van der Waals surface area contributed by atoms with Crippen LogP contribution in [-0.2, 0) is 6.42 Å². The zero-order valence-corrected chi connectivity index (χ0v) is 20.6. The van der Waals surface area contributed by atoms with Gasteiger partial charge in [0.25, 0.3) is 0 Å². The summed E-state index contributed by atoms with van der Waals surface area (Å²) in [6.07, 6.45) is 2.01. The van der Waals surface area contributed by atoms with Crippen molar-refractivity contribution < 1.29 is 4.74 Å². The Balaban J connectivity index is 1.51. The van der Waals surface area contributed by atoms with Crippen molar-refractivity contribution >= 4 is 22.5 Å². The molecule has 0 spiro atoms. The number of methoxy groups -OCH3 is 1. The summed E-state index contributed by atoms with van der Waals surface area (Å²) in [6.45, 7) is 8.99. The van der Waals surface area contributed by atoms with Gasteiger partial charge in [-0.3, -0.25) is 4.90 Å². The third kappa shape index (κ3) is 4.43. The van der Waals surface area contributed by atoms with Gasteiger partial charge in [-0.1, -0.05) is 30.3 Å². The molecule has 1 fully saturated rings. The fourth-order valence-corrected chi connectivity index (χ4v) is 5.33. The molecule has 0 atom stereocenters. The summed E-state index contributed by atoms with van der Waals surface area (Å²) in [6, 6.07) is 24.6. The number of hydrogen-bond donors (Lipinski definition) is 1. The van der Waals surface area contributed by atoms with E-state index in [9.17, 15) is 0 Å². The molecule has 3 aromatic carbocycles. The highest BCUT2D eigenvalue weighted by atomic mass is 16.5. The lowest BCUT2D eigenvalue weighted by atomic mass is 9.79. The number of ether oxygens (including phenoxy) is 1. The maximum atomic E-state index is 5.99. The smallest absolute Gasteiger partial charge is 0.119 e. The van der Waals surface area contributed by atoms with Crippen molar-refractivity contribution in [2.45, 2.75) is 32.7 Å². The zero-order valence-electron chi connectivity index (χ0n) is 20.6. The lowest BCUT2D eigenvalue weighted by Crippen LogP contribution is -2.48. The van der Waals surface area contributed by atoms with Crippen molar-refractivity contribution in [2.24, 2.45) is 0 Å². The van der Waals surface area contributed by atoms with Crippen LogP contribution in [0.25, 0.3) is 11.1 Å². The highest BCUT2D eigenvalue weighted by Crippen LogP contribution is 2.42. The van der Waals surface area contributed by atoms with Crippen molar-refractivity contribution in [3.63, 3.8) is 0 Å². The summed E-state index contributed by atoms with van der Waals surface area (Å²) in [5.41, 5.74) is 16.0. The molecule has 2 aliphatic rings. The Hall–Kier alpha value is -3.24. The summed E-state index contributed by atoms with van der Waals surface area (Å²) in [5.74, 6) is 0.921. The van der Waals surface area contributed by atoms with Crippen LogP contribution >= 0.6 is 0 Å². The second-order valence-electron chi connectivity index (χ2n) is 9.66. The Morgan fingerprint density at radius 1 is 0.794 bits per heavy atom. The van der Waals surface area contributed by atoms with E-state index >= 15 is 0 Å². The Labute approximate surface area is 203 Å². The standard InChI is InChI=1S/C30H35N3O/c1-21(2)32-16-18-33(19-17-32)26-11-6-23(7-12-26)30-28(22-4-9-25(31)10-5-22)14-8-24-20-27(34-3)13-15-29(24)30/h4-7,9-13,15,20-21H,8,14,16-19,31H2,1-3H3. The van der Waals surface area contributed by atoms with Gasteiger partial charge in [0.15, 0.2) is 0 Å². The van der Waals surface area contributed by atoms with Crippen molar-refractivity contribution in [1.29, 1.82) is 0 Å². The van der Waals surface area contributed by atoms with Crippen LogP contribution in [0.4, 0.5) is 11.4 Å². The number of piperazine rings is 1. The number of nitrogen functional groups attached to an aromatic ring is 1. The highest BCUT2D eigenvalue weighted by molar-refractivity contribution is 6.01. The monoisotopic (exact) mass is 453 g/mol. The average molecular weight is 454 g/mol. The number of rotatable bonds is 5. The Morgan fingerprint density at radius 2 is 1.47 bits per heavy atom. The summed E-state index contributed by atoms with van der Waals surface area (Å²) in [7, 11) is 1.74. The van der Waals surface area contributed by atoms with Crippen molar-refractivity contribution in [3.05, 3.63) is 89.0 Å². The SMILES string of the molecule is COc1ccc2c(c1)CCC(c1ccc(N)cc1)=C2c1ccc(N2CCN(C(C)C)CC2)cc1. The predicted octanol–water partition coefficient (Wildman–Crippen LogP) is 5.71. The van der Waals surface area contributed by atoms with E-state index in [0.29, 0.717) is 6.04 Å². The van der Waals surface area contributed by atoms with Gasteiger partial charge in [0, 0.05) is 43.6 Å². The van der Waals surface area contributed by atoms with Gasteiger partial charge in [0.1, 0.15) is 5.75 Å². The lowest BCUT2D eigenvalue weighted by molar-refractivity contribution is 0.209. The second kappa shape index (κ2) is 9.55. The van der Waals surface area contributed by atoms with Crippen molar-refractivity contribution in [3.8, 4) is 5.75 Å². The van der Waals surface area contributed by atoms with E-state index in [1.54, 1.807) is 7.11 Å². The van der Waals surface area contributed by atoms with Crippen LogP contribution in [0.2, 0.25) is 0 Å². The topological polar surface area (TPSA) is 41.7 Å². The van der Waals surface area contributed by atoms with Crippen LogP contribution in [0.5, 0.6) is 5.75 Å². The molecule has 0 aromatic heterocycles. The first-order chi connectivity index (χ1) is 16.5. The number of aryl methyl sites for hydroxylation is 1. The maximum Gasteiger partial charge on any atom is 0.119 e. The molecule has 4 nitrogen and oxygen atoms in total. The largest absolute Gasteiger partial charge is 0.497 e. The minimum atomic E-state index is 0.619. The quantitative estimate of drug-likeness (QED) is 0.502. The summed E-state index contributed by atoms with van der Waals surface area (Å²) in [5, 5.41) is 0. The second-order valence-corrected chi connectivity index (χ2v) is 9.66. The molecule has 1 aliphatic carbocycles. The van der Waals surface area contributed by atoms with E-state index < -0.39 is 0 Å². The van der Waals surface area contributed by atoms with Gasteiger partial charge < -0.3 is 15.4 Å². The van der Waals surface area contributed by atoms with E-state index in [4.69, 9.17) is 10.5 Å². The molecule has 0 unspecified atom stereocenters. The molecular formula is C30H35N3O. The number of nitrogens with zero attached hydrogens (tertiary/aromatic N) is 2. The van der Waals surface area contributed by atoms with Gasteiger partial charge in [0.05, 0.1) is 7.11 Å². The third-order valence-corrected chi connectivity index (χ3v) is 7.35. The fraction of sp³-hybridized carbons (Fsp3) is 0.333. The molecule has 1 saturated heterocycles. The first-order valence-electron chi connectivity index (χ1n) is 12.4. The molecule has 1 aliphatic heterocycles. The Kier molecular flexibility index (Phi) is 6.34. The number of allylic oxidation sites excluding steroid dienone is 1. The van der Waals surface area contributed by atoms with Crippen LogP contribution in [0.3, 0.4) is 0 Å². The highest BCUT2D eigenvalue weighted by Gasteiger charge is 2.23. The van der Waals surface area contributed by atoms with Gasteiger partial charge in [-0.2, -0.15) is 0 Å². The summed E-state index contributed by atoms with van der Waals surface area (Å²) in [4.78, 5) is 5.07. The van der Waals surface area contributed by atoms with Crippen LogP contribution in [0.15, 0.2) is 66.7 Å². The number of benzene rings is 3. The number of anilines is 2. The third-order valence-electron chi connectivity index (χ3n) is 7.35. The van der Waals surface area contributed by atoms with Crippen LogP contribution in [-0.4, -0.2) is 44.2 Å². The number of hydrogen-bond acceptors (Lipinski definition) is 4. The molecule has 4 heteroatoms. The Morgan fingerprint density at radius 3 is 2.12 bits per heavy atom. The van der Waals surface area contributed by atoms with Crippen LogP contribution in [0, 0.1) is 0 Å². The van der Waals surface area contributed by atoms with Crippen molar-refractivity contribution in [2.75, 3.05) is 43.9 Å². The van der Waals surface area contributed by atoms with Crippen LogP contribution in [0.1, 0.15) is 42.5 Å². The molecular weight excluding hydrogens is 418 g/mol. The Bertz CT molecular complexity index is 1170. The minimum absolute atomic E-state index is 0.619. The van der Waals surface area contributed by atoms with Crippen LogP contribution < -0.4 is 15.4 Å². The lowest BCUT2D eigenvalue weighted by Gasteiger charge is -2.38. The fourth-order valence-electron chi connectivity index (χ4n) is 5.33. The molecule has 0 saturated carbocycles. The molecule has 0 radical (unpaired) electrons. The van der Waals surface area contributed by atoms with Gasteiger partial charge >= 0.3 is 0 Å². The number of nitrogens with two attached hydrogens (primary N) is 1. The van der Waals surface area contributed by atoms with E-state index in [1.807, 2.05) is 12.1 Å². The molecule has 1 heterocycles. The molecule has 176 valence electrons. The molecule has 0 amide bonds. The molecule has 34 heavy (non-hydrogen) atoms. The van der Waals surface area contributed by atoms with Crippen molar-refractivity contribution in [1.82, 2.24) is 4.90 Å². The van der Waals surface area contributed by atoms with E-state index in [-0.39, 0.29) is 0 Å². The van der Waals surface area contributed by atoms with E-state index in [0.717, 1.165) is 50.5 Å². The molecule has 5 rings (SSSR count). The van der Waals surface area contributed by atoms with E-state index in [2.05, 4.69) is 78.2 Å². The molecule has 3 aromatic rings. The maximum absolute atomic E-state index is 5.99. The van der Waals surface area contributed by atoms with E-state index in [1.165, 1.54) is 39.1 Å². The average Bonchev–Trinajstić information content (AvgIpc) is 2.88.